The number of carbonyl (C=O) groups is 1. The van der Waals surface area contributed by atoms with Crippen LogP contribution in [0.1, 0.15) is 42.5 Å². The third-order valence-electron chi connectivity index (χ3n) is 5.06. The van der Waals surface area contributed by atoms with Crippen molar-refractivity contribution in [2.75, 3.05) is 6.61 Å². The van der Waals surface area contributed by atoms with Gasteiger partial charge >= 0.3 is 5.97 Å². The summed E-state index contributed by atoms with van der Waals surface area (Å²) in [5.74, 6) is 0.0714. The van der Waals surface area contributed by atoms with E-state index in [0.29, 0.717) is 29.5 Å². The van der Waals surface area contributed by atoms with Crippen LogP contribution in [-0.2, 0) is 0 Å². The van der Waals surface area contributed by atoms with Gasteiger partial charge in [-0.15, -0.1) is 5.10 Å². The van der Waals surface area contributed by atoms with E-state index in [4.69, 9.17) is 9.84 Å². The maximum absolute atomic E-state index is 12.0. The molecule has 1 aliphatic rings. The van der Waals surface area contributed by atoms with Gasteiger partial charge < -0.3 is 14.8 Å². The first-order chi connectivity index (χ1) is 14.1. The average Bonchev–Trinajstić information content (AvgIpc) is 3.27. The molecular formula is C19H20N6O4. The summed E-state index contributed by atoms with van der Waals surface area (Å²) >= 11 is 0. The highest BCUT2D eigenvalue weighted by molar-refractivity contribution is 5.86. The molecule has 0 amide bonds. The van der Waals surface area contributed by atoms with Gasteiger partial charge in [0.25, 0.3) is 5.56 Å². The Morgan fingerprint density at radius 2 is 2.10 bits per heavy atom. The van der Waals surface area contributed by atoms with Crippen LogP contribution >= 0.6 is 0 Å². The minimum Gasteiger partial charge on any atom is -0.491 e. The van der Waals surface area contributed by atoms with E-state index in [2.05, 4.69) is 25.5 Å². The molecule has 1 aliphatic carbocycles. The molecule has 10 nitrogen and oxygen atoms in total. The van der Waals surface area contributed by atoms with Gasteiger partial charge in [0.05, 0.1) is 6.61 Å². The van der Waals surface area contributed by atoms with Crippen molar-refractivity contribution in [2.45, 2.75) is 32.1 Å². The van der Waals surface area contributed by atoms with Crippen molar-refractivity contribution in [1.82, 2.24) is 30.2 Å². The van der Waals surface area contributed by atoms with Crippen molar-refractivity contribution in [3.63, 3.8) is 0 Å². The molecule has 0 saturated heterocycles. The van der Waals surface area contributed by atoms with E-state index in [-0.39, 0.29) is 5.82 Å². The molecule has 1 aromatic carbocycles. The van der Waals surface area contributed by atoms with Crippen LogP contribution in [0.25, 0.3) is 17.1 Å². The molecule has 4 rings (SSSR count). The zero-order chi connectivity index (χ0) is 20.2. The van der Waals surface area contributed by atoms with Crippen LogP contribution in [0.3, 0.4) is 0 Å². The average molecular weight is 396 g/mol. The largest absolute Gasteiger partial charge is 0.491 e. The van der Waals surface area contributed by atoms with E-state index in [9.17, 15) is 9.59 Å². The first kappa shape index (κ1) is 18.8. The number of carboxylic acid groups (broad SMARTS) is 1. The monoisotopic (exact) mass is 396 g/mol. The molecule has 1 fully saturated rings. The number of carboxylic acids is 1. The third-order valence-corrected chi connectivity index (χ3v) is 5.06. The lowest BCUT2D eigenvalue weighted by atomic mass is 9.90. The second kappa shape index (κ2) is 8.21. The highest BCUT2D eigenvalue weighted by Crippen LogP contribution is 2.29. The number of H-pyrrole nitrogens is 1. The van der Waals surface area contributed by atoms with E-state index in [1.807, 2.05) is 0 Å². The summed E-state index contributed by atoms with van der Waals surface area (Å²) in [5.41, 5.74) is 0.0498. The topological polar surface area (TPSA) is 136 Å². The summed E-state index contributed by atoms with van der Waals surface area (Å²) in [6, 6.07) is 5.27. The number of tetrazole rings is 1. The lowest BCUT2D eigenvalue weighted by molar-refractivity contribution is 0.0694. The van der Waals surface area contributed by atoms with Gasteiger partial charge in [-0.25, -0.2) is 9.78 Å². The van der Waals surface area contributed by atoms with Gasteiger partial charge in [0.2, 0.25) is 0 Å². The Balaban J connectivity index is 1.65. The standard InChI is InChI=1S/C19H20N6O4/c26-18-14(19(27)28)9-20-17(22-18)13-6-7-16(15(8-13)25-11-21-23-24-25)29-10-12-4-2-1-3-5-12/h6-9,11-12H,1-5,10H2,(H,27,28)(H,20,22,26). The maximum Gasteiger partial charge on any atom is 0.342 e. The Kier molecular flexibility index (Phi) is 5.32. The molecule has 2 N–H and O–H groups in total. The van der Waals surface area contributed by atoms with Crippen LogP contribution in [-0.4, -0.2) is 47.9 Å². The zero-order valence-corrected chi connectivity index (χ0v) is 15.6. The van der Waals surface area contributed by atoms with Crippen molar-refractivity contribution in [3.05, 3.63) is 46.6 Å². The summed E-state index contributed by atoms with van der Waals surface area (Å²) in [6.07, 6.45) is 8.58. The summed E-state index contributed by atoms with van der Waals surface area (Å²) in [5, 5.41) is 20.3. The highest BCUT2D eigenvalue weighted by Gasteiger charge is 2.17. The number of ether oxygens (including phenoxy) is 1. The van der Waals surface area contributed by atoms with Gasteiger partial charge in [-0.05, 0) is 47.4 Å². The lowest BCUT2D eigenvalue weighted by Gasteiger charge is -2.22. The highest BCUT2D eigenvalue weighted by atomic mass is 16.5. The quantitative estimate of drug-likeness (QED) is 0.646. The van der Waals surface area contributed by atoms with Crippen LogP contribution in [0.2, 0.25) is 0 Å². The van der Waals surface area contributed by atoms with Gasteiger partial charge in [0.15, 0.2) is 0 Å². The Labute approximate surface area is 165 Å². The summed E-state index contributed by atoms with van der Waals surface area (Å²) in [7, 11) is 0. The Bertz CT molecular complexity index is 1060. The molecule has 0 spiro atoms. The lowest BCUT2D eigenvalue weighted by Crippen LogP contribution is -2.19. The smallest absolute Gasteiger partial charge is 0.342 e. The summed E-state index contributed by atoms with van der Waals surface area (Å²) < 4.78 is 7.55. The first-order valence-corrected chi connectivity index (χ1v) is 9.45. The normalized spacial score (nSPS) is 14.6. The summed E-state index contributed by atoms with van der Waals surface area (Å²) in [6.45, 7) is 0.622. The first-order valence-electron chi connectivity index (χ1n) is 9.45. The van der Waals surface area contributed by atoms with Gasteiger partial charge in [-0.2, -0.15) is 4.68 Å². The Hall–Kier alpha value is -3.56. The van der Waals surface area contributed by atoms with Crippen LogP contribution in [0.15, 0.2) is 35.5 Å². The molecule has 150 valence electrons. The SMILES string of the molecule is O=C(O)c1cnc(-c2ccc(OCC3CCCCC3)c(-n3cnnn3)c2)[nH]c1=O. The van der Waals surface area contributed by atoms with Crippen molar-refractivity contribution < 1.29 is 14.6 Å². The molecule has 2 aromatic heterocycles. The molecule has 1 saturated carbocycles. The van der Waals surface area contributed by atoms with Crippen LogP contribution in [0.5, 0.6) is 5.75 Å². The minimum absolute atomic E-state index is 0.244. The van der Waals surface area contributed by atoms with E-state index in [1.54, 1.807) is 18.2 Å². The molecule has 29 heavy (non-hydrogen) atoms. The number of hydrogen-bond acceptors (Lipinski definition) is 7. The van der Waals surface area contributed by atoms with E-state index in [0.717, 1.165) is 6.20 Å². The van der Waals surface area contributed by atoms with Gasteiger partial charge in [-0.1, -0.05) is 19.3 Å². The molecule has 3 aromatic rings. The van der Waals surface area contributed by atoms with Crippen molar-refractivity contribution >= 4 is 5.97 Å². The number of aromatic amines is 1. The molecule has 0 radical (unpaired) electrons. The van der Waals surface area contributed by atoms with Crippen molar-refractivity contribution in [3.8, 4) is 22.8 Å². The number of aromatic nitrogens is 6. The second-order valence-corrected chi connectivity index (χ2v) is 7.03. The molecule has 0 atom stereocenters. The predicted octanol–water partition coefficient (Wildman–Crippen LogP) is 2.07. The van der Waals surface area contributed by atoms with Crippen LogP contribution in [0.4, 0.5) is 0 Å². The van der Waals surface area contributed by atoms with Gasteiger partial charge in [-0.3, -0.25) is 4.79 Å². The van der Waals surface area contributed by atoms with Crippen LogP contribution < -0.4 is 10.3 Å². The number of nitrogens with one attached hydrogen (secondary N) is 1. The fraction of sp³-hybridized carbons (Fsp3) is 0.368. The third kappa shape index (κ3) is 4.15. The molecule has 2 heterocycles. The van der Waals surface area contributed by atoms with Gasteiger partial charge in [0.1, 0.15) is 29.2 Å². The Morgan fingerprint density at radius 1 is 1.28 bits per heavy atom. The van der Waals surface area contributed by atoms with E-state index in [1.165, 1.54) is 43.1 Å². The molecule has 10 heteroatoms. The molecular weight excluding hydrogens is 376 g/mol. The maximum atomic E-state index is 12.0. The number of nitrogens with zero attached hydrogens (tertiary/aromatic N) is 5. The zero-order valence-electron chi connectivity index (χ0n) is 15.6. The van der Waals surface area contributed by atoms with Crippen LogP contribution in [0, 0.1) is 5.92 Å². The molecule has 0 unspecified atom stereocenters. The minimum atomic E-state index is -1.33. The number of rotatable bonds is 6. The second-order valence-electron chi connectivity index (χ2n) is 7.03. The van der Waals surface area contributed by atoms with E-state index >= 15 is 0 Å². The Morgan fingerprint density at radius 3 is 2.79 bits per heavy atom. The number of aromatic carboxylic acids is 1. The van der Waals surface area contributed by atoms with E-state index < -0.39 is 17.1 Å². The molecule has 0 aliphatic heterocycles. The summed E-state index contributed by atoms with van der Waals surface area (Å²) in [4.78, 5) is 29.6. The van der Waals surface area contributed by atoms with Crippen molar-refractivity contribution in [2.24, 2.45) is 5.92 Å². The fourth-order valence-corrected chi connectivity index (χ4v) is 3.49. The fourth-order valence-electron chi connectivity index (χ4n) is 3.49. The number of hydrogen-bond donors (Lipinski definition) is 2. The van der Waals surface area contributed by atoms with Gasteiger partial charge in [0, 0.05) is 11.8 Å². The predicted molar refractivity (Wildman–Crippen MR) is 102 cm³/mol. The van der Waals surface area contributed by atoms with Crippen molar-refractivity contribution in [1.29, 1.82) is 0 Å². The number of benzene rings is 1. The molecule has 0 bridgehead atoms.